The van der Waals surface area contributed by atoms with Gasteiger partial charge in [-0.15, -0.1) is 0 Å². The Kier molecular flexibility index (Phi) is 4.93. The first kappa shape index (κ1) is 15.8. The standard InChI is InChI=1S/C16H19N3O3/c1-10(2)14(19-15(20)12-5-4-8-22-12)16(21)18-13-9-11(3)6-7-17-13/h4-10,14H,1-3H3,(H,19,20)(H,17,18,21). The van der Waals surface area contributed by atoms with E-state index in [1.807, 2.05) is 26.8 Å². The minimum atomic E-state index is -0.681. The molecule has 0 saturated heterocycles. The van der Waals surface area contributed by atoms with Crippen LogP contribution in [-0.2, 0) is 4.79 Å². The number of carbonyl (C=O) groups is 2. The van der Waals surface area contributed by atoms with Crippen LogP contribution in [0.25, 0.3) is 0 Å². The molecule has 2 aromatic heterocycles. The summed E-state index contributed by atoms with van der Waals surface area (Å²) in [5, 5.41) is 5.40. The molecule has 0 spiro atoms. The average molecular weight is 301 g/mol. The van der Waals surface area contributed by atoms with Crippen LogP contribution in [-0.4, -0.2) is 22.8 Å². The number of nitrogens with zero attached hydrogens (tertiary/aromatic N) is 1. The average Bonchev–Trinajstić information content (AvgIpc) is 2.98. The minimum Gasteiger partial charge on any atom is -0.459 e. The summed E-state index contributed by atoms with van der Waals surface area (Å²) in [6, 6.07) is 6.10. The lowest BCUT2D eigenvalue weighted by atomic mass is 10.0. The summed E-state index contributed by atoms with van der Waals surface area (Å²) in [6.45, 7) is 5.63. The normalized spacial score (nSPS) is 12.0. The monoisotopic (exact) mass is 301 g/mol. The van der Waals surface area contributed by atoms with Crippen LogP contribution in [0.4, 0.5) is 5.82 Å². The van der Waals surface area contributed by atoms with E-state index in [2.05, 4.69) is 15.6 Å². The number of aryl methyl sites for hydroxylation is 1. The van der Waals surface area contributed by atoms with Crippen LogP contribution in [0.5, 0.6) is 0 Å². The smallest absolute Gasteiger partial charge is 0.287 e. The van der Waals surface area contributed by atoms with E-state index in [1.165, 1.54) is 6.26 Å². The first-order valence-corrected chi connectivity index (χ1v) is 7.05. The van der Waals surface area contributed by atoms with E-state index in [-0.39, 0.29) is 17.6 Å². The number of anilines is 1. The second-order valence-electron chi connectivity index (χ2n) is 5.38. The van der Waals surface area contributed by atoms with E-state index in [9.17, 15) is 9.59 Å². The highest BCUT2D eigenvalue weighted by molar-refractivity contribution is 5.99. The van der Waals surface area contributed by atoms with Crippen molar-refractivity contribution in [2.75, 3.05) is 5.32 Å². The third-order valence-corrected chi connectivity index (χ3v) is 3.15. The van der Waals surface area contributed by atoms with Crippen LogP contribution < -0.4 is 10.6 Å². The Bertz CT molecular complexity index is 650. The molecule has 2 heterocycles. The highest BCUT2D eigenvalue weighted by atomic mass is 16.3. The first-order chi connectivity index (χ1) is 10.5. The van der Waals surface area contributed by atoms with Crippen LogP contribution in [0, 0.1) is 12.8 Å². The number of amides is 2. The molecule has 2 amide bonds. The molecule has 2 N–H and O–H groups in total. The zero-order valence-corrected chi connectivity index (χ0v) is 12.8. The molecule has 0 fully saturated rings. The van der Waals surface area contributed by atoms with E-state index in [1.54, 1.807) is 24.4 Å². The third kappa shape index (κ3) is 3.94. The van der Waals surface area contributed by atoms with Gasteiger partial charge in [0.05, 0.1) is 6.26 Å². The molecule has 2 aromatic rings. The van der Waals surface area contributed by atoms with Gasteiger partial charge in [-0.05, 0) is 42.7 Å². The van der Waals surface area contributed by atoms with Gasteiger partial charge in [-0.3, -0.25) is 9.59 Å². The van der Waals surface area contributed by atoms with Crippen LogP contribution in [0.3, 0.4) is 0 Å². The van der Waals surface area contributed by atoms with E-state index < -0.39 is 11.9 Å². The summed E-state index contributed by atoms with van der Waals surface area (Å²) >= 11 is 0. The van der Waals surface area contributed by atoms with Crippen molar-refractivity contribution in [1.82, 2.24) is 10.3 Å². The number of hydrogen-bond acceptors (Lipinski definition) is 4. The molecule has 0 bridgehead atoms. The summed E-state index contributed by atoms with van der Waals surface area (Å²) < 4.78 is 5.03. The summed E-state index contributed by atoms with van der Waals surface area (Å²) in [6.07, 6.45) is 3.03. The third-order valence-electron chi connectivity index (χ3n) is 3.15. The minimum absolute atomic E-state index is 0.0799. The fourth-order valence-corrected chi connectivity index (χ4v) is 1.96. The van der Waals surface area contributed by atoms with Crippen molar-refractivity contribution in [2.45, 2.75) is 26.8 Å². The van der Waals surface area contributed by atoms with Gasteiger partial charge in [-0.25, -0.2) is 4.98 Å². The largest absolute Gasteiger partial charge is 0.459 e. The lowest BCUT2D eigenvalue weighted by Crippen LogP contribution is -2.47. The molecular formula is C16H19N3O3. The lowest BCUT2D eigenvalue weighted by molar-refractivity contribution is -0.118. The quantitative estimate of drug-likeness (QED) is 0.888. The molecule has 6 nitrogen and oxygen atoms in total. The fourth-order valence-electron chi connectivity index (χ4n) is 1.96. The van der Waals surface area contributed by atoms with Crippen molar-refractivity contribution < 1.29 is 14.0 Å². The maximum Gasteiger partial charge on any atom is 0.287 e. The fraction of sp³-hybridized carbons (Fsp3) is 0.312. The maximum absolute atomic E-state index is 12.4. The van der Waals surface area contributed by atoms with Crippen molar-refractivity contribution in [2.24, 2.45) is 5.92 Å². The van der Waals surface area contributed by atoms with Crippen molar-refractivity contribution in [3.05, 3.63) is 48.0 Å². The molecule has 6 heteroatoms. The van der Waals surface area contributed by atoms with Gasteiger partial charge in [-0.2, -0.15) is 0 Å². The molecule has 1 unspecified atom stereocenters. The molecule has 0 aliphatic heterocycles. The summed E-state index contributed by atoms with van der Waals surface area (Å²) in [4.78, 5) is 28.5. The second-order valence-corrected chi connectivity index (χ2v) is 5.38. The number of furan rings is 1. The Balaban J connectivity index is 2.07. The number of carbonyl (C=O) groups excluding carboxylic acids is 2. The highest BCUT2D eigenvalue weighted by Gasteiger charge is 2.25. The molecule has 1 atom stereocenters. The number of aromatic nitrogens is 1. The summed E-state index contributed by atoms with van der Waals surface area (Å²) in [7, 11) is 0. The van der Waals surface area contributed by atoms with E-state index in [0.29, 0.717) is 5.82 Å². The predicted octanol–water partition coefficient (Wildman–Crippen LogP) is 2.38. The lowest BCUT2D eigenvalue weighted by Gasteiger charge is -2.21. The molecule has 0 aliphatic carbocycles. The molecule has 0 saturated carbocycles. The molecule has 22 heavy (non-hydrogen) atoms. The number of hydrogen-bond donors (Lipinski definition) is 2. The van der Waals surface area contributed by atoms with Crippen LogP contribution in [0.1, 0.15) is 30.0 Å². The Morgan fingerprint density at radius 1 is 1.27 bits per heavy atom. The van der Waals surface area contributed by atoms with Gasteiger partial charge in [0.2, 0.25) is 5.91 Å². The van der Waals surface area contributed by atoms with Gasteiger partial charge >= 0.3 is 0 Å². The van der Waals surface area contributed by atoms with E-state index >= 15 is 0 Å². The maximum atomic E-state index is 12.4. The Hall–Kier alpha value is -2.63. The van der Waals surface area contributed by atoms with Crippen LogP contribution in [0.2, 0.25) is 0 Å². The van der Waals surface area contributed by atoms with Gasteiger partial charge in [0.1, 0.15) is 11.9 Å². The molecule has 0 aliphatic rings. The second kappa shape index (κ2) is 6.89. The van der Waals surface area contributed by atoms with Crippen LogP contribution in [0.15, 0.2) is 41.1 Å². The van der Waals surface area contributed by atoms with Crippen molar-refractivity contribution in [1.29, 1.82) is 0 Å². The van der Waals surface area contributed by atoms with Crippen molar-refractivity contribution in [3.63, 3.8) is 0 Å². The van der Waals surface area contributed by atoms with Gasteiger partial charge in [-0.1, -0.05) is 13.8 Å². The van der Waals surface area contributed by atoms with E-state index in [4.69, 9.17) is 4.42 Å². The van der Waals surface area contributed by atoms with E-state index in [0.717, 1.165) is 5.56 Å². The first-order valence-electron chi connectivity index (χ1n) is 7.05. The molecular weight excluding hydrogens is 282 g/mol. The van der Waals surface area contributed by atoms with Gasteiger partial charge < -0.3 is 15.1 Å². The Morgan fingerprint density at radius 2 is 2.05 bits per heavy atom. The number of nitrogens with one attached hydrogen (secondary N) is 2. The number of pyridine rings is 1. The molecule has 2 rings (SSSR count). The molecule has 116 valence electrons. The topological polar surface area (TPSA) is 84.2 Å². The van der Waals surface area contributed by atoms with Crippen molar-refractivity contribution >= 4 is 17.6 Å². The number of rotatable bonds is 5. The molecule has 0 radical (unpaired) electrons. The molecule has 0 aromatic carbocycles. The zero-order valence-electron chi connectivity index (χ0n) is 12.8. The van der Waals surface area contributed by atoms with Gasteiger partial charge in [0.25, 0.3) is 5.91 Å². The van der Waals surface area contributed by atoms with Crippen molar-refractivity contribution in [3.8, 4) is 0 Å². The SMILES string of the molecule is Cc1ccnc(NC(=O)C(NC(=O)c2ccco2)C(C)C)c1. The summed E-state index contributed by atoms with van der Waals surface area (Å²) in [5.41, 5.74) is 0.992. The van der Waals surface area contributed by atoms with Gasteiger partial charge in [0.15, 0.2) is 5.76 Å². The Labute approximate surface area is 128 Å². The highest BCUT2D eigenvalue weighted by Crippen LogP contribution is 2.10. The predicted molar refractivity (Wildman–Crippen MR) is 82.4 cm³/mol. The zero-order chi connectivity index (χ0) is 16.1. The van der Waals surface area contributed by atoms with Gasteiger partial charge in [0, 0.05) is 6.20 Å². The Morgan fingerprint density at radius 3 is 2.64 bits per heavy atom. The summed E-state index contributed by atoms with van der Waals surface area (Å²) in [5.74, 6) is -0.178. The van der Waals surface area contributed by atoms with Crippen LogP contribution >= 0.6 is 0 Å².